The molecule has 0 aliphatic rings. The van der Waals surface area contributed by atoms with E-state index >= 15 is 0 Å². The van der Waals surface area contributed by atoms with Crippen molar-refractivity contribution in [1.82, 2.24) is 9.97 Å². The molecular weight excluding hydrogens is 425 g/mol. The first kappa shape index (κ1) is 21.8. The second kappa shape index (κ2) is 9.78. The number of anilines is 1. The maximum atomic E-state index is 13.2. The van der Waals surface area contributed by atoms with Crippen molar-refractivity contribution in [1.29, 1.82) is 0 Å². The van der Waals surface area contributed by atoms with Crippen LogP contribution in [0.3, 0.4) is 0 Å². The first-order valence-corrected chi connectivity index (χ1v) is 9.94. The third kappa shape index (κ3) is 5.43. The number of carbonyl (C=O) groups excluding carboxylic acids is 1. The molecule has 1 amide bonds. The molecule has 8 heteroatoms. The molecule has 7 nitrogen and oxygen atoms in total. The average molecular weight is 445 g/mol. The molecule has 33 heavy (non-hydrogen) atoms. The molecule has 1 N–H and O–H groups in total. The summed E-state index contributed by atoms with van der Waals surface area (Å²) in [5, 5.41) is 2.82. The fourth-order valence-electron chi connectivity index (χ4n) is 3.08. The van der Waals surface area contributed by atoms with E-state index in [0.717, 1.165) is 5.56 Å². The van der Waals surface area contributed by atoms with Crippen molar-refractivity contribution in [3.8, 4) is 34.4 Å². The molecular formula is C25H20FN3O4. The zero-order valence-corrected chi connectivity index (χ0v) is 17.9. The number of nitrogens with zero attached hydrogens (tertiary/aromatic N) is 2. The monoisotopic (exact) mass is 445 g/mol. The van der Waals surface area contributed by atoms with Crippen LogP contribution in [-0.2, 0) is 0 Å². The molecule has 4 rings (SSSR count). The van der Waals surface area contributed by atoms with Gasteiger partial charge >= 0.3 is 0 Å². The highest BCUT2D eigenvalue weighted by Crippen LogP contribution is 2.27. The zero-order valence-electron chi connectivity index (χ0n) is 17.9. The number of nitrogens with one attached hydrogen (secondary N) is 1. The fraction of sp³-hybridized carbons (Fsp3) is 0.0800. The summed E-state index contributed by atoms with van der Waals surface area (Å²) in [7, 11) is 3.08. The molecule has 4 aromatic rings. The number of hydrogen-bond donors (Lipinski definition) is 1. The van der Waals surface area contributed by atoms with Crippen molar-refractivity contribution < 1.29 is 23.4 Å². The van der Waals surface area contributed by atoms with Gasteiger partial charge in [0, 0.05) is 41.1 Å². The first-order chi connectivity index (χ1) is 16.0. The Balaban J connectivity index is 1.51. The van der Waals surface area contributed by atoms with Crippen LogP contribution in [0.15, 0.2) is 79.1 Å². The van der Waals surface area contributed by atoms with E-state index in [1.165, 1.54) is 32.7 Å². The fourth-order valence-corrected chi connectivity index (χ4v) is 3.08. The van der Waals surface area contributed by atoms with E-state index in [4.69, 9.17) is 14.2 Å². The zero-order chi connectivity index (χ0) is 23.2. The van der Waals surface area contributed by atoms with Gasteiger partial charge in [-0.3, -0.25) is 4.79 Å². The van der Waals surface area contributed by atoms with Crippen molar-refractivity contribution in [3.05, 3.63) is 90.5 Å². The van der Waals surface area contributed by atoms with Crippen molar-refractivity contribution >= 4 is 11.6 Å². The number of benzene rings is 3. The maximum absolute atomic E-state index is 13.2. The van der Waals surface area contributed by atoms with Crippen LogP contribution >= 0.6 is 0 Å². The third-order valence-electron chi connectivity index (χ3n) is 4.71. The van der Waals surface area contributed by atoms with Crippen LogP contribution in [0.2, 0.25) is 0 Å². The molecule has 0 bridgehead atoms. The van der Waals surface area contributed by atoms with E-state index in [9.17, 15) is 9.18 Å². The lowest BCUT2D eigenvalue weighted by molar-refractivity contribution is 0.102. The molecule has 0 spiro atoms. The van der Waals surface area contributed by atoms with E-state index in [2.05, 4.69) is 15.3 Å². The van der Waals surface area contributed by atoms with Gasteiger partial charge in [-0.05, 0) is 42.5 Å². The summed E-state index contributed by atoms with van der Waals surface area (Å²) in [6.45, 7) is 0. The van der Waals surface area contributed by atoms with Gasteiger partial charge < -0.3 is 19.5 Å². The highest BCUT2D eigenvalue weighted by molar-refractivity contribution is 6.04. The van der Waals surface area contributed by atoms with E-state index in [-0.39, 0.29) is 11.7 Å². The van der Waals surface area contributed by atoms with Crippen molar-refractivity contribution in [2.75, 3.05) is 19.5 Å². The number of halogens is 1. The predicted molar refractivity (Wildman–Crippen MR) is 121 cm³/mol. The van der Waals surface area contributed by atoms with Gasteiger partial charge in [0.1, 0.15) is 29.4 Å². The maximum Gasteiger partial charge on any atom is 0.255 e. The van der Waals surface area contributed by atoms with E-state index in [1.54, 1.807) is 60.7 Å². The molecule has 0 fully saturated rings. The summed E-state index contributed by atoms with van der Waals surface area (Å²) in [6.07, 6.45) is 1.36. The Labute approximate surface area is 189 Å². The van der Waals surface area contributed by atoms with Gasteiger partial charge in [0.15, 0.2) is 0 Å². The number of carbonyl (C=O) groups is 1. The second-order valence-electron chi connectivity index (χ2n) is 6.93. The van der Waals surface area contributed by atoms with Crippen LogP contribution in [-0.4, -0.2) is 30.1 Å². The van der Waals surface area contributed by atoms with Gasteiger partial charge in [-0.2, -0.15) is 0 Å². The molecule has 166 valence electrons. The Morgan fingerprint density at radius 1 is 0.848 bits per heavy atom. The van der Waals surface area contributed by atoms with Crippen molar-refractivity contribution in [2.45, 2.75) is 0 Å². The number of ether oxygens (including phenoxy) is 3. The van der Waals surface area contributed by atoms with Crippen LogP contribution in [0, 0.1) is 5.82 Å². The van der Waals surface area contributed by atoms with Crippen LogP contribution < -0.4 is 19.5 Å². The molecule has 0 atom stereocenters. The summed E-state index contributed by atoms with van der Waals surface area (Å²) in [5.41, 5.74) is 2.23. The lowest BCUT2D eigenvalue weighted by Crippen LogP contribution is -2.12. The summed E-state index contributed by atoms with van der Waals surface area (Å²) < 4.78 is 29.5. The topological polar surface area (TPSA) is 82.6 Å². The Morgan fingerprint density at radius 2 is 1.58 bits per heavy atom. The van der Waals surface area contributed by atoms with Crippen LogP contribution in [0.4, 0.5) is 10.1 Å². The molecule has 0 aliphatic heterocycles. The SMILES string of the molecule is COc1cc(NC(=O)c2cccc(Oc3cc(-c4ccc(F)cc4)ncn3)c2)cc(OC)c1. The van der Waals surface area contributed by atoms with Gasteiger partial charge in [-0.15, -0.1) is 0 Å². The van der Waals surface area contributed by atoms with Gasteiger partial charge in [-0.25, -0.2) is 14.4 Å². The quantitative estimate of drug-likeness (QED) is 0.413. The second-order valence-corrected chi connectivity index (χ2v) is 6.93. The summed E-state index contributed by atoms with van der Waals surface area (Å²) in [6, 6.07) is 19.4. The van der Waals surface area contributed by atoms with Crippen molar-refractivity contribution in [3.63, 3.8) is 0 Å². The Hall–Kier alpha value is -4.46. The van der Waals surface area contributed by atoms with Crippen LogP contribution in [0.1, 0.15) is 10.4 Å². The molecule has 1 aromatic heterocycles. The average Bonchev–Trinajstić information content (AvgIpc) is 2.84. The number of hydrogen-bond acceptors (Lipinski definition) is 6. The van der Waals surface area contributed by atoms with Crippen molar-refractivity contribution in [2.24, 2.45) is 0 Å². The summed E-state index contributed by atoms with van der Waals surface area (Å²) >= 11 is 0. The Morgan fingerprint density at radius 3 is 2.27 bits per heavy atom. The standard InChI is InChI=1S/C25H20FN3O4/c1-31-21-11-19(12-22(13-21)32-2)29-25(30)17-4-3-5-20(10-17)33-24-14-23(27-15-28-24)16-6-8-18(26)9-7-16/h3-15H,1-2H3,(H,29,30). The molecule has 1 heterocycles. The summed E-state index contributed by atoms with van der Waals surface area (Å²) in [4.78, 5) is 21.1. The number of rotatable bonds is 7. The normalized spacial score (nSPS) is 10.4. The molecule has 0 saturated heterocycles. The number of amides is 1. The van der Waals surface area contributed by atoms with Gasteiger partial charge in [0.2, 0.25) is 5.88 Å². The van der Waals surface area contributed by atoms with E-state index < -0.39 is 0 Å². The van der Waals surface area contributed by atoms with Gasteiger partial charge in [0.25, 0.3) is 5.91 Å². The van der Waals surface area contributed by atoms with Gasteiger partial charge in [0.05, 0.1) is 19.9 Å². The lowest BCUT2D eigenvalue weighted by atomic mass is 10.1. The molecule has 0 aliphatic carbocycles. The molecule has 0 saturated carbocycles. The Kier molecular flexibility index (Phi) is 6.45. The minimum absolute atomic E-state index is 0.291. The van der Waals surface area contributed by atoms with Gasteiger partial charge in [-0.1, -0.05) is 6.07 Å². The highest BCUT2D eigenvalue weighted by Gasteiger charge is 2.11. The minimum Gasteiger partial charge on any atom is -0.497 e. The minimum atomic E-state index is -0.328. The van der Waals surface area contributed by atoms with E-state index in [0.29, 0.717) is 40.1 Å². The third-order valence-corrected chi connectivity index (χ3v) is 4.71. The largest absolute Gasteiger partial charge is 0.497 e. The van der Waals surface area contributed by atoms with Crippen LogP contribution in [0.5, 0.6) is 23.1 Å². The smallest absolute Gasteiger partial charge is 0.255 e. The van der Waals surface area contributed by atoms with E-state index in [1.807, 2.05) is 0 Å². The first-order valence-electron chi connectivity index (χ1n) is 9.94. The molecule has 0 unspecified atom stereocenters. The van der Waals surface area contributed by atoms with Crippen LogP contribution in [0.25, 0.3) is 11.3 Å². The summed E-state index contributed by atoms with van der Waals surface area (Å²) in [5.74, 6) is 1.18. The number of methoxy groups -OCH3 is 2. The lowest BCUT2D eigenvalue weighted by Gasteiger charge is -2.11. The predicted octanol–water partition coefficient (Wildman–Crippen LogP) is 5.34. The number of aromatic nitrogens is 2. The highest BCUT2D eigenvalue weighted by atomic mass is 19.1. The molecule has 3 aromatic carbocycles. The molecule has 0 radical (unpaired) electrons. The Bertz CT molecular complexity index is 1260.